The molecule has 4 nitrogen and oxygen atoms in total. The number of hydrogen-bond donors (Lipinski definition) is 1. The Bertz CT molecular complexity index is 762. The summed E-state index contributed by atoms with van der Waals surface area (Å²) in [5, 5.41) is 12.9. The number of hydrogen-bond acceptors (Lipinski definition) is 3. The molecule has 1 saturated heterocycles. The van der Waals surface area contributed by atoms with Crippen LogP contribution >= 0.6 is 23.2 Å². The van der Waals surface area contributed by atoms with Crippen LogP contribution in [-0.2, 0) is 19.2 Å². The number of aliphatic hydroxyl groups is 1. The Kier molecular flexibility index (Phi) is 4.57. The van der Waals surface area contributed by atoms with E-state index in [4.69, 9.17) is 23.2 Å². The van der Waals surface area contributed by atoms with Crippen LogP contribution in [0.25, 0.3) is 0 Å². The summed E-state index contributed by atoms with van der Waals surface area (Å²) >= 11 is 12.5. The average Bonchev–Trinajstić information content (AvgIpc) is 2.99. The number of fused-ring (bicyclic) bond motifs is 2. The molecule has 2 aliphatic rings. The van der Waals surface area contributed by atoms with Gasteiger partial charge in [0.15, 0.2) is 0 Å². The Hall–Kier alpha value is -1.07. The highest BCUT2D eigenvalue weighted by molar-refractivity contribution is 6.42. The summed E-state index contributed by atoms with van der Waals surface area (Å²) in [7, 11) is 1.97. The van der Waals surface area contributed by atoms with Crippen LogP contribution in [0.15, 0.2) is 30.6 Å². The highest BCUT2D eigenvalue weighted by Crippen LogP contribution is 2.48. The predicted octanol–water partition coefficient (Wildman–Crippen LogP) is 3.85. The van der Waals surface area contributed by atoms with Crippen molar-refractivity contribution in [2.45, 2.75) is 31.4 Å². The van der Waals surface area contributed by atoms with Crippen molar-refractivity contribution in [3.05, 3.63) is 52.0 Å². The van der Waals surface area contributed by atoms with Crippen LogP contribution in [0.5, 0.6) is 0 Å². The first-order valence-electron chi connectivity index (χ1n) is 8.85. The monoisotopic (exact) mass is 379 g/mol. The van der Waals surface area contributed by atoms with Gasteiger partial charge in [-0.05, 0) is 24.5 Å². The number of halogens is 2. The van der Waals surface area contributed by atoms with E-state index in [0.717, 1.165) is 43.9 Å². The van der Waals surface area contributed by atoms with Gasteiger partial charge in [-0.1, -0.05) is 41.8 Å². The first-order chi connectivity index (χ1) is 12.0. The quantitative estimate of drug-likeness (QED) is 0.880. The number of aromatic nitrogens is 2. The largest absolute Gasteiger partial charge is 0.381 e. The molecule has 0 spiro atoms. The molecular formula is C19H23Cl2N3O. The molecule has 1 saturated carbocycles. The third-order valence-electron chi connectivity index (χ3n) is 5.91. The highest BCUT2D eigenvalue weighted by Gasteiger charge is 2.53. The van der Waals surface area contributed by atoms with Crippen LogP contribution in [0.4, 0.5) is 0 Å². The smallest absolute Gasteiger partial charge is 0.141 e. The Balaban J connectivity index is 1.59. The third-order valence-corrected chi connectivity index (χ3v) is 6.77. The molecule has 1 aliphatic carbocycles. The fourth-order valence-corrected chi connectivity index (χ4v) is 5.08. The highest BCUT2D eigenvalue weighted by atomic mass is 35.5. The number of rotatable bonds is 3. The molecular weight excluding hydrogens is 357 g/mol. The van der Waals surface area contributed by atoms with Gasteiger partial charge in [-0.2, -0.15) is 0 Å². The summed E-state index contributed by atoms with van der Waals surface area (Å²) in [6, 6.07) is 5.79. The predicted molar refractivity (Wildman–Crippen MR) is 99.7 cm³/mol. The van der Waals surface area contributed by atoms with E-state index in [1.807, 2.05) is 36.0 Å². The normalized spacial score (nSPS) is 29.8. The average molecular weight is 380 g/mol. The van der Waals surface area contributed by atoms with Gasteiger partial charge in [0.2, 0.25) is 0 Å². The molecule has 0 unspecified atom stereocenters. The maximum atomic E-state index is 11.6. The summed E-state index contributed by atoms with van der Waals surface area (Å²) in [6.45, 7) is 2.47. The van der Waals surface area contributed by atoms with E-state index in [9.17, 15) is 5.11 Å². The lowest BCUT2D eigenvalue weighted by molar-refractivity contribution is -0.155. The van der Waals surface area contributed by atoms with Crippen molar-refractivity contribution in [3.63, 3.8) is 0 Å². The fourth-order valence-electron chi connectivity index (χ4n) is 4.70. The molecule has 1 aromatic carbocycles. The Labute approximate surface area is 158 Å². The Morgan fingerprint density at radius 3 is 2.60 bits per heavy atom. The standard InChI is InChI=1S/C19H23Cl2N3O/c1-23-9-8-22-18(23)19(25)14-5-3-6-15(19)12-24(11-14)10-13-4-2-7-16(20)17(13)21/h2,4,7-9,14-15,25H,3,5-6,10-12H2,1H3/t14-,15-/m0/s1. The van der Waals surface area contributed by atoms with Crippen molar-refractivity contribution >= 4 is 23.2 Å². The van der Waals surface area contributed by atoms with Crippen LogP contribution in [0.2, 0.25) is 10.0 Å². The van der Waals surface area contributed by atoms with E-state index >= 15 is 0 Å². The molecule has 0 amide bonds. The maximum Gasteiger partial charge on any atom is 0.141 e. The summed E-state index contributed by atoms with van der Waals surface area (Å²) in [5.74, 6) is 1.20. The van der Waals surface area contributed by atoms with Gasteiger partial charge < -0.3 is 9.67 Å². The molecule has 134 valence electrons. The summed E-state index contributed by atoms with van der Waals surface area (Å²) in [4.78, 5) is 6.89. The number of nitrogens with zero attached hydrogens (tertiary/aromatic N) is 3. The number of imidazole rings is 1. The zero-order valence-electron chi connectivity index (χ0n) is 14.3. The molecule has 1 aliphatic heterocycles. The molecule has 0 radical (unpaired) electrons. The van der Waals surface area contributed by atoms with Crippen molar-refractivity contribution < 1.29 is 5.11 Å². The van der Waals surface area contributed by atoms with Crippen molar-refractivity contribution in [1.82, 2.24) is 14.5 Å². The van der Waals surface area contributed by atoms with Crippen LogP contribution < -0.4 is 0 Å². The molecule has 2 bridgehead atoms. The number of piperidine rings is 1. The first-order valence-corrected chi connectivity index (χ1v) is 9.61. The molecule has 1 aromatic heterocycles. The third kappa shape index (κ3) is 2.89. The van der Waals surface area contributed by atoms with Crippen LogP contribution in [0, 0.1) is 11.8 Å². The molecule has 2 heterocycles. The second kappa shape index (κ2) is 6.58. The molecule has 6 heteroatoms. The first kappa shape index (κ1) is 17.3. The molecule has 1 N–H and O–H groups in total. The van der Waals surface area contributed by atoms with Crippen LogP contribution in [0.3, 0.4) is 0 Å². The van der Waals surface area contributed by atoms with Crippen molar-refractivity contribution in [2.24, 2.45) is 18.9 Å². The summed E-state index contributed by atoms with van der Waals surface area (Å²) in [6.07, 6.45) is 6.93. The van der Waals surface area contributed by atoms with Gasteiger partial charge in [0, 0.05) is 50.9 Å². The van der Waals surface area contributed by atoms with E-state index < -0.39 is 5.60 Å². The molecule has 2 fully saturated rings. The van der Waals surface area contributed by atoms with Gasteiger partial charge in [-0.3, -0.25) is 4.90 Å². The second-order valence-electron chi connectivity index (χ2n) is 7.42. The van der Waals surface area contributed by atoms with Gasteiger partial charge >= 0.3 is 0 Å². The SMILES string of the molecule is Cn1ccnc1C1(O)[C@H]2CCC[C@H]1CN(Cc1cccc(Cl)c1Cl)C2. The lowest BCUT2D eigenvalue weighted by Gasteiger charge is -2.52. The lowest BCUT2D eigenvalue weighted by atomic mass is 9.65. The molecule has 4 rings (SSSR count). The fraction of sp³-hybridized carbons (Fsp3) is 0.526. The summed E-state index contributed by atoms with van der Waals surface area (Å²) in [5.41, 5.74) is 0.222. The summed E-state index contributed by atoms with van der Waals surface area (Å²) < 4.78 is 1.97. The van der Waals surface area contributed by atoms with Gasteiger partial charge in [0.1, 0.15) is 11.4 Å². The Morgan fingerprint density at radius 1 is 1.24 bits per heavy atom. The maximum absolute atomic E-state index is 11.6. The minimum Gasteiger partial charge on any atom is -0.381 e. The van der Waals surface area contributed by atoms with Crippen LogP contribution in [-0.4, -0.2) is 32.6 Å². The van der Waals surface area contributed by atoms with E-state index in [0.29, 0.717) is 10.0 Å². The van der Waals surface area contributed by atoms with E-state index in [2.05, 4.69) is 9.88 Å². The van der Waals surface area contributed by atoms with Gasteiger partial charge in [0.05, 0.1) is 10.0 Å². The number of likely N-dealkylation sites (tertiary alicyclic amines) is 1. The Morgan fingerprint density at radius 2 is 1.96 bits per heavy atom. The van der Waals surface area contributed by atoms with E-state index in [1.54, 1.807) is 6.20 Å². The zero-order valence-corrected chi connectivity index (χ0v) is 15.8. The molecule has 25 heavy (non-hydrogen) atoms. The topological polar surface area (TPSA) is 41.3 Å². The van der Waals surface area contributed by atoms with Crippen LogP contribution in [0.1, 0.15) is 30.7 Å². The van der Waals surface area contributed by atoms with Gasteiger partial charge in [-0.25, -0.2) is 4.98 Å². The van der Waals surface area contributed by atoms with Gasteiger partial charge in [-0.15, -0.1) is 0 Å². The zero-order chi connectivity index (χ0) is 17.6. The lowest BCUT2D eigenvalue weighted by Crippen LogP contribution is -2.58. The number of aryl methyl sites for hydroxylation is 1. The second-order valence-corrected chi connectivity index (χ2v) is 8.20. The number of benzene rings is 1. The van der Waals surface area contributed by atoms with Gasteiger partial charge in [0.25, 0.3) is 0 Å². The van der Waals surface area contributed by atoms with Crippen molar-refractivity contribution in [3.8, 4) is 0 Å². The van der Waals surface area contributed by atoms with Crippen molar-refractivity contribution in [2.75, 3.05) is 13.1 Å². The van der Waals surface area contributed by atoms with E-state index in [-0.39, 0.29) is 11.8 Å². The molecule has 2 aromatic rings. The van der Waals surface area contributed by atoms with Crippen molar-refractivity contribution in [1.29, 1.82) is 0 Å². The van der Waals surface area contributed by atoms with E-state index in [1.165, 1.54) is 6.42 Å². The minimum atomic E-state index is -0.828. The molecule has 2 atom stereocenters. The minimum absolute atomic E-state index is 0.194.